The molecule has 0 unspecified atom stereocenters. The molecule has 2 aromatic rings. The van der Waals surface area contributed by atoms with E-state index >= 15 is 0 Å². The van der Waals surface area contributed by atoms with Gasteiger partial charge in [-0.1, -0.05) is 23.2 Å². The Morgan fingerprint density at radius 2 is 1.73 bits per heavy atom. The molecule has 0 saturated carbocycles. The van der Waals surface area contributed by atoms with E-state index in [1.54, 1.807) is 13.8 Å². The van der Waals surface area contributed by atoms with Crippen LogP contribution in [0.15, 0.2) is 18.2 Å². The van der Waals surface area contributed by atoms with Gasteiger partial charge in [-0.05, 0) is 37.6 Å². The van der Waals surface area contributed by atoms with Crippen LogP contribution in [0.3, 0.4) is 0 Å². The largest absolute Gasteiger partial charge is 0.465 e. The van der Waals surface area contributed by atoms with Crippen molar-refractivity contribution in [1.29, 1.82) is 0 Å². The number of nitrogens with one attached hydrogen (secondary N) is 3. The molecule has 0 aliphatic carbocycles. The third kappa shape index (κ3) is 6.80. The van der Waals surface area contributed by atoms with Gasteiger partial charge in [0.2, 0.25) is 11.7 Å². The molecule has 0 aliphatic rings. The Bertz CT molecular complexity index is 1110. The molecule has 0 atom stereocenters. The van der Waals surface area contributed by atoms with Gasteiger partial charge in [-0.25, -0.2) is 4.79 Å². The molecule has 3 N–H and O–H groups in total. The summed E-state index contributed by atoms with van der Waals surface area (Å²) in [5.41, 5.74) is 1.32. The van der Waals surface area contributed by atoms with Crippen molar-refractivity contribution in [3.05, 3.63) is 56.3 Å². The Hall–Kier alpha value is -3.37. The number of aromatic amines is 1. The number of halogens is 2. The summed E-state index contributed by atoms with van der Waals surface area (Å²) < 4.78 is 9.54. The van der Waals surface area contributed by atoms with Gasteiger partial charge >= 0.3 is 11.9 Å². The van der Waals surface area contributed by atoms with Crippen LogP contribution in [0.5, 0.6) is 0 Å². The van der Waals surface area contributed by atoms with Crippen LogP contribution in [0.4, 0.5) is 0 Å². The third-order valence-electron chi connectivity index (χ3n) is 4.49. The number of amides is 2. The Labute approximate surface area is 198 Å². The third-order valence-corrected chi connectivity index (χ3v) is 5.03. The second-order valence-corrected chi connectivity index (χ2v) is 7.63. The lowest BCUT2D eigenvalue weighted by Crippen LogP contribution is -2.39. The number of ether oxygens (including phenoxy) is 2. The number of Topliss-reactive ketones (excluding diaryl/α,β-unsaturated/α-hetero) is 1. The number of hydrogen-bond acceptors (Lipinski definition) is 7. The van der Waals surface area contributed by atoms with E-state index in [0.717, 1.165) is 0 Å². The molecule has 0 spiro atoms. The first-order chi connectivity index (χ1) is 15.5. The minimum atomic E-state index is -0.863. The maximum Gasteiger partial charge on any atom is 0.339 e. The summed E-state index contributed by atoms with van der Waals surface area (Å²) in [5, 5.41) is 5.10. The minimum Gasteiger partial charge on any atom is -0.465 e. The van der Waals surface area contributed by atoms with Gasteiger partial charge in [0, 0.05) is 10.7 Å². The highest BCUT2D eigenvalue weighted by Crippen LogP contribution is 2.21. The van der Waals surface area contributed by atoms with Gasteiger partial charge in [0.15, 0.2) is 6.61 Å². The summed E-state index contributed by atoms with van der Waals surface area (Å²) in [4.78, 5) is 62.7. The number of ketones is 1. The summed E-state index contributed by atoms with van der Waals surface area (Å²) in [6.07, 6.45) is 0. The average Bonchev–Trinajstić information content (AvgIpc) is 3.07. The number of rotatable bonds is 9. The second-order valence-electron chi connectivity index (χ2n) is 6.78. The van der Waals surface area contributed by atoms with Crippen LogP contribution in [0.2, 0.25) is 10.0 Å². The molecule has 1 heterocycles. The number of hydrogen-bond donors (Lipinski definition) is 3. The van der Waals surface area contributed by atoms with Gasteiger partial charge in [-0.2, -0.15) is 0 Å². The van der Waals surface area contributed by atoms with E-state index in [1.165, 1.54) is 25.3 Å². The van der Waals surface area contributed by atoms with Crippen molar-refractivity contribution in [1.82, 2.24) is 15.6 Å². The fourth-order valence-electron chi connectivity index (χ4n) is 2.87. The van der Waals surface area contributed by atoms with Crippen LogP contribution in [0, 0.1) is 13.8 Å². The molecular weight excluding hydrogens is 477 g/mol. The standard InChI is InChI=1S/C21H21Cl2N3O7/c1-10-18(21(31)32-3)11(2)26-19(10)15(27)9-33-17(29)8-24-16(28)7-25-20(30)13-5-4-12(22)6-14(13)23/h4-6,26H,7-9H2,1-3H3,(H,24,28)(H,25,30). The molecule has 0 radical (unpaired) electrons. The van der Waals surface area contributed by atoms with E-state index in [-0.39, 0.29) is 21.8 Å². The second kappa shape index (κ2) is 11.5. The zero-order valence-corrected chi connectivity index (χ0v) is 19.5. The van der Waals surface area contributed by atoms with E-state index in [9.17, 15) is 24.0 Å². The van der Waals surface area contributed by atoms with E-state index in [0.29, 0.717) is 16.3 Å². The number of esters is 2. The summed E-state index contributed by atoms with van der Waals surface area (Å²) >= 11 is 11.7. The summed E-state index contributed by atoms with van der Waals surface area (Å²) in [5.74, 6) is -3.26. The van der Waals surface area contributed by atoms with Crippen molar-refractivity contribution >= 4 is 52.7 Å². The van der Waals surface area contributed by atoms with Crippen LogP contribution in [-0.4, -0.2) is 61.3 Å². The Balaban J connectivity index is 1.79. The quantitative estimate of drug-likeness (QED) is 0.354. The van der Waals surface area contributed by atoms with E-state index < -0.39 is 49.2 Å². The van der Waals surface area contributed by atoms with Crippen molar-refractivity contribution in [3.63, 3.8) is 0 Å². The number of aromatic nitrogens is 1. The first kappa shape index (κ1) is 25.9. The lowest BCUT2D eigenvalue weighted by molar-refractivity contribution is -0.142. The van der Waals surface area contributed by atoms with Gasteiger partial charge in [-0.15, -0.1) is 0 Å². The Kier molecular flexibility index (Phi) is 9.01. The molecule has 1 aromatic carbocycles. The summed E-state index contributed by atoms with van der Waals surface area (Å²) in [7, 11) is 1.23. The molecule has 2 rings (SSSR count). The minimum absolute atomic E-state index is 0.119. The molecule has 0 aliphatic heterocycles. The predicted octanol–water partition coefficient (Wildman–Crippen LogP) is 2.00. The van der Waals surface area contributed by atoms with Crippen LogP contribution in [0.1, 0.15) is 42.5 Å². The maximum atomic E-state index is 12.3. The molecular formula is C21H21Cl2N3O7. The van der Waals surface area contributed by atoms with Crippen molar-refractivity contribution in [2.45, 2.75) is 13.8 Å². The van der Waals surface area contributed by atoms with E-state index in [1.807, 2.05) is 0 Å². The van der Waals surface area contributed by atoms with E-state index in [2.05, 4.69) is 20.4 Å². The highest BCUT2D eigenvalue weighted by Gasteiger charge is 2.23. The van der Waals surface area contributed by atoms with Gasteiger partial charge in [0.1, 0.15) is 6.54 Å². The van der Waals surface area contributed by atoms with Gasteiger partial charge < -0.3 is 25.1 Å². The monoisotopic (exact) mass is 497 g/mol. The van der Waals surface area contributed by atoms with Gasteiger partial charge in [0.05, 0.1) is 35.5 Å². The molecule has 2 amide bonds. The lowest BCUT2D eigenvalue weighted by atomic mass is 10.1. The summed E-state index contributed by atoms with van der Waals surface area (Å²) in [6, 6.07) is 4.28. The fraction of sp³-hybridized carbons (Fsp3) is 0.286. The summed E-state index contributed by atoms with van der Waals surface area (Å²) in [6.45, 7) is 1.65. The van der Waals surface area contributed by atoms with Crippen LogP contribution < -0.4 is 10.6 Å². The molecule has 12 heteroatoms. The topological polar surface area (TPSA) is 144 Å². The fourth-order valence-corrected chi connectivity index (χ4v) is 3.36. The molecule has 0 fully saturated rings. The molecule has 0 bridgehead atoms. The van der Waals surface area contributed by atoms with Crippen molar-refractivity contribution in [2.75, 3.05) is 26.8 Å². The number of methoxy groups -OCH3 is 1. The number of H-pyrrole nitrogens is 1. The van der Waals surface area contributed by atoms with Crippen molar-refractivity contribution < 1.29 is 33.4 Å². The zero-order valence-electron chi connectivity index (χ0n) is 18.0. The first-order valence-electron chi connectivity index (χ1n) is 9.51. The van der Waals surface area contributed by atoms with Gasteiger partial charge in [-0.3, -0.25) is 19.2 Å². The molecule has 1 aromatic heterocycles. The van der Waals surface area contributed by atoms with Crippen molar-refractivity contribution in [3.8, 4) is 0 Å². The smallest absolute Gasteiger partial charge is 0.339 e. The van der Waals surface area contributed by atoms with Crippen LogP contribution >= 0.6 is 23.2 Å². The van der Waals surface area contributed by atoms with Gasteiger partial charge in [0.25, 0.3) is 5.91 Å². The molecule has 10 nitrogen and oxygen atoms in total. The average molecular weight is 498 g/mol. The highest BCUT2D eigenvalue weighted by atomic mass is 35.5. The van der Waals surface area contributed by atoms with E-state index in [4.69, 9.17) is 27.9 Å². The number of aryl methyl sites for hydroxylation is 1. The predicted molar refractivity (Wildman–Crippen MR) is 119 cm³/mol. The van der Waals surface area contributed by atoms with Crippen LogP contribution in [0.25, 0.3) is 0 Å². The zero-order chi connectivity index (χ0) is 24.7. The Morgan fingerprint density at radius 3 is 2.36 bits per heavy atom. The normalized spacial score (nSPS) is 10.3. The molecule has 176 valence electrons. The maximum absolute atomic E-state index is 12.3. The molecule has 33 heavy (non-hydrogen) atoms. The molecule has 0 saturated heterocycles. The Morgan fingerprint density at radius 1 is 1.03 bits per heavy atom. The van der Waals surface area contributed by atoms with Crippen molar-refractivity contribution in [2.24, 2.45) is 0 Å². The first-order valence-corrected chi connectivity index (χ1v) is 10.3. The number of benzene rings is 1. The number of carbonyl (C=O) groups is 5. The highest BCUT2D eigenvalue weighted by molar-refractivity contribution is 6.36. The number of carbonyl (C=O) groups excluding carboxylic acids is 5. The lowest BCUT2D eigenvalue weighted by Gasteiger charge is -2.08. The SMILES string of the molecule is COC(=O)c1c(C)[nH]c(C(=O)COC(=O)CNC(=O)CNC(=O)c2ccc(Cl)cc2Cl)c1C. The van der Waals surface area contributed by atoms with Crippen LogP contribution in [-0.2, 0) is 19.1 Å².